The van der Waals surface area contributed by atoms with Crippen LogP contribution in [0.5, 0.6) is 0 Å². The highest BCUT2D eigenvalue weighted by Crippen LogP contribution is 2.18. The van der Waals surface area contributed by atoms with Gasteiger partial charge in [-0.3, -0.25) is 0 Å². The molecule has 0 radical (unpaired) electrons. The van der Waals surface area contributed by atoms with Gasteiger partial charge in [0.2, 0.25) is 0 Å². The van der Waals surface area contributed by atoms with Gasteiger partial charge in [-0.1, -0.05) is 6.92 Å². The molecule has 18 heavy (non-hydrogen) atoms. The minimum Gasteiger partial charge on any atom is -0.478 e. The molecule has 2 N–H and O–H groups in total. The minimum atomic E-state index is -0.957. The molecule has 0 saturated carbocycles. The Morgan fingerprint density at radius 2 is 2.11 bits per heavy atom. The Kier molecular flexibility index (Phi) is 5.09. The molecule has 0 aliphatic heterocycles. The molecular formula is C13H20N2O3. The van der Waals surface area contributed by atoms with E-state index < -0.39 is 5.97 Å². The van der Waals surface area contributed by atoms with E-state index in [4.69, 9.17) is 10.2 Å². The zero-order chi connectivity index (χ0) is 13.7. The SMILES string of the molecule is CCc1cc(C(=O)O)cc(N(CCO)C(C)C)n1. The summed E-state index contributed by atoms with van der Waals surface area (Å²) < 4.78 is 0. The van der Waals surface area contributed by atoms with Crippen LogP contribution in [0.15, 0.2) is 12.1 Å². The summed E-state index contributed by atoms with van der Waals surface area (Å²) in [5.41, 5.74) is 0.980. The molecule has 0 unspecified atom stereocenters. The van der Waals surface area contributed by atoms with Gasteiger partial charge in [-0.25, -0.2) is 9.78 Å². The molecule has 1 rings (SSSR count). The van der Waals surface area contributed by atoms with Gasteiger partial charge in [0.15, 0.2) is 0 Å². The molecule has 0 aliphatic rings. The van der Waals surface area contributed by atoms with Crippen LogP contribution in [0.2, 0.25) is 0 Å². The number of nitrogens with zero attached hydrogens (tertiary/aromatic N) is 2. The van der Waals surface area contributed by atoms with E-state index >= 15 is 0 Å². The lowest BCUT2D eigenvalue weighted by atomic mass is 10.2. The van der Waals surface area contributed by atoms with Crippen LogP contribution in [0, 0.1) is 0 Å². The lowest BCUT2D eigenvalue weighted by Gasteiger charge is -2.27. The van der Waals surface area contributed by atoms with E-state index in [1.165, 1.54) is 0 Å². The fourth-order valence-corrected chi connectivity index (χ4v) is 1.77. The van der Waals surface area contributed by atoms with Gasteiger partial charge in [-0.05, 0) is 32.4 Å². The van der Waals surface area contributed by atoms with Crippen molar-refractivity contribution >= 4 is 11.8 Å². The Balaban J connectivity index is 3.20. The molecule has 0 spiro atoms. The van der Waals surface area contributed by atoms with Crippen molar-refractivity contribution < 1.29 is 15.0 Å². The van der Waals surface area contributed by atoms with Crippen LogP contribution in [-0.4, -0.2) is 40.4 Å². The first kappa shape index (κ1) is 14.4. The normalized spacial score (nSPS) is 10.7. The molecule has 1 aromatic heterocycles. The molecule has 1 aromatic rings. The Hall–Kier alpha value is -1.62. The summed E-state index contributed by atoms with van der Waals surface area (Å²) in [6.45, 7) is 6.35. The number of aliphatic hydroxyl groups is 1. The van der Waals surface area contributed by atoms with E-state index in [9.17, 15) is 4.79 Å². The van der Waals surface area contributed by atoms with Crippen molar-refractivity contribution in [2.24, 2.45) is 0 Å². The maximum absolute atomic E-state index is 11.1. The van der Waals surface area contributed by atoms with E-state index in [2.05, 4.69) is 4.98 Å². The summed E-state index contributed by atoms with van der Waals surface area (Å²) >= 11 is 0. The van der Waals surface area contributed by atoms with Crippen LogP contribution in [-0.2, 0) is 6.42 Å². The first-order valence-electron chi connectivity index (χ1n) is 6.11. The number of carboxylic acids is 1. The Bertz CT molecular complexity index is 419. The summed E-state index contributed by atoms with van der Waals surface area (Å²) in [5.74, 6) is -0.350. The van der Waals surface area contributed by atoms with Gasteiger partial charge in [0.25, 0.3) is 0 Å². The quantitative estimate of drug-likeness (QED) is 0.803. The maximum atomic E-state index is 11.1. The monoisotopic (exact) mass is 252 g/mol. The van der Waals surface area contributed by atoms with Gasteiger partial charge in [-0.15, -0.1) is 0 Å². The van der Waals surface area contributed by atoms with E-state index in [-0.39, 0.29) is 18.2 Å². The second-order valence-electron chi connectivity index (χ2n) is 4.37. The fraction of sp³-hybridized carbons (Fsp3) is 0.538. The smallest absolute Gasteiger partial charge is 0.335 e. The topological polar surface area (TPSA) is 73.7 Å². The van der Waals surface area contributed by atoms with E-state index in [1.807, 2.05) is 25.7 Å². The number of aromatic nitrogens is 1. The zero-order valence-corrected chi connectivity index (χ0v) is 11.1. The van der Waals surface area contributed by atoms with Crippen molar-refractivity contribution in [3.63, 3.8) is 0 Å². The van der Waals surface area contributed by atoms with Gasteiger partial charge >= 0.3 is 5.97 Å². The molecule has 5 heteroatoms. The average molecular weight is 252 g/mol. The van der Waals surface area contributed by atoms with Crippen molar-refractivity contribution in [1.29, 1.82) is 0 Å². The molecule has 5 nitrogen and oxygen atoms in total. The first-order chi connectivity index (χ1) is 8.49. The Morgan fingerprint density at radius 1 is 1.44 bits per heavy atom. The number of carboxylic acid groups (broad SMARTS) is 1. The van der Waals surface area contributed by atoms with Gasteiger partial charge in [0.1, 0.15) is 5.82 Å². The maximum Gasteiger partial charge on any atom is 0.335 e. The number of carbonyl (C=O) groups is 1. The van der Waals surface area contributed by atoms with Crippen LogP contribution < -0.4 is 4.90 Å². The number of hydrogen-bond donors (Lipinski definition) is 2. The van der Waals surface area contributed by atoms with E-state index in [0.29, 0.717) is 18.8 Å². The highest BCUT2D eigenvalue weighted by atomic mass is 16.4. The Morgan fingerprint density at radius 3 is 2.56 bits per heavy atom. The average Bonchev–Trinajstić information content (AvgIpc) is 2.34. The lowest BCUT2D eigenvalue weighted by Crippen LogP contribution is -2.34. The highest BCUT2D eigenvalue weighted by Gasteiger charge is 2.15. The Labute approximate surface area is 107 Å². The van der Waals surface area contributed by atoms with E-state index in [1.54, 1.807) is 12.1 Å². The third kappa shape index (κ3) is 3.43. The number of aromatic carboxylic acids is 1. The second kappa shape index (κ2) is 6.35. The van der Waals surface area contributed by atoms with Crippen molar-refractivity contribution in [3.8, 4) is 0 Å². The van der Waals surface area contributed by atoms with Crippen LogP contribution in [0.25, 0.3) is 0 Å². The predicted molar refractivity (Wildman–Crippen MR) is 70.1 cm³/mol. The summed E-state index contributed by atoms with van der Waals surface area (Å²) in [4.78, 5) is 17.4. The molecule has 0 bridgehead atoms. The number of hydrogen-bond acceptors (Lipinski definition) is 4. The van der Waals surface area contributed by atoms with Crippen molar-refractivity contribution in [2.45, 2.75) is 33.2 Å². The van der Waals surface area contributed by atoms with Crippen molar-refractivity contribution in [2.75, 3.05) is 18.1 Å². The molecule has 1 heterocycles. The summed E-state index contributed by atoms with van der Waals surface area (Å²) in [5, 5.41) is 18.1. The van der Waals surface area contributed by atoms with Crippen molar-refractivity contribution in [3.05, 3.63) is 23.4 Å². The molecule has 100 valence electrons. The molecule has 0 fully saturated rings. The molecule has 0 aromatic carbocycles. The summed E-state index contributed by atoms with van der Waals surface area (Å²) in [7, 11) is 0. The minimum absolute atomic E-state index is 0.0125. The summed E-state index contributed by atoms with van der Waals surface area (Å²) in [6.07, 6.45) is 0.680. The fourth-order valence-electron chi connectivity index (χ4n) is 1.77. The molecule has 0 saturated heterocycles. The predicted octanol–water partition coefficient (Wildman–Crippen LogP) is 1.55. The van der Waals surface area contributed by atoms with Gasteiger partial charge in [-0.2, -0.15) is 0 Å². The zero-order valence-electron chi connectivity index (χ0n) is 11.1. The second-order valence-corrected chi connectivity index (χ2v) is 4.37. The van der Waals surface area contributed by atoms with E-state index in [0.717, 1.165) is 5.69 Å². The largest absolute Gasteiger partial charge is 0.478 e. The third-order valence-corrected chi connectivity index (χ3v) is 2.73. The first-order valence-corrected chi connectivity index (χ1v) is 6.11. The van der Waals surface area contributed by atoms with Crippen LogP contribution in [0.4, 0.5) is 5.82 Å². The highest BCUT2D eigenvalue weighted by molar-refractivity contribution is 5.88. The number of aliphatic hydroxyl groups excluding tert-OH is 1. The molecule has 0 aliphatic carbocycles. The molecular weight excluding hydrogens is 232 g/mol. The van der Waals surface area contributed by atoms with Crippen LogP contribution in [0.3, 0.4) is 0 Å². The number of aryl methyl sites for hydroxylation is 1. The molecule has 0 amide bonds. The number of anilines is 1. The standard InChI is InChI=1S/C13H20N2O3/c1-4-11-7-10(13(17)18)8-12(14-11)15(5-6-16)9(2)3/h7-9,16H,4-6H2,1-3H3,(H,17,18). The van der Waals surface area contributed by atoms with Gasteiger partial charge < -0.3 is 15.1 Å². The number of rotatable bonds is 6. The van der Waals surface area contributed by atoms with Crippen molar-refractivity contribution in [1.82, 2.24) is 4.98 Å². The van der Waals surface area contributed by atoms with Crippen LogP contribution in [0.1, 0.15) is 36.8 Å². The lowest BCUT2D eigenvalue weighted by molar-refractivity contribution is 0.0696. The van der Waals surface area contributed by atoms with Gasteiger partial charge in [0, 0.05) is 18.3 Å². The van der Waals surface area contributed by atoms with Crippen LogP contribution >= 0.6 is 0 Å². The van der Waals surface area contributed by atoms with Gasteiger partial charge in [0.05, 0.1) is 12.2 Å². The molecule has 0 atom stereocenters. The number of pyridine rings is 1. The summed E-state index contributed by atoms with van der Waals surface area (Å²) in [6, 6.07) is 3.29. The third-order valence-electron chi connectivity index (χ3n) is 2.73.